The van der Waals surface area contributed by atoms with E-state index in [9.17, 15) is 9.59 Å². The molecule has 0 radical (unpaired) electrons. The summed E-state index contributed by atoms with van der Waals surface area (Å²) in [6.45, 7) is -0.183. The van der Waals surface area contributed by atoms with Gasteiger partial charge in [-0.1, -0.05) is 30.3 Å². The average molecular weight is 322 g/mol. The number of carbonyl (C=O) groups excluding carboxylic acids is 2. The number of ether oxygens (including phenoxy) is 2. The van der Waals surface area contributed by atoms with E-state index in [-0.39, 0.29) is 18.2 Å². The van der Waals surface area contributed by atoms with Crippen LogP contribution in [0.15, 0.2) is 65.3 Å². The van der Waals surface area contributed by atoms with Crippen molar-refractivity contribution >= 4 is 23.9 Å². The Morgan fingerprint density at radius 1 is 1.12 bits per heavy atom. The van der Waals surface area contributed by atoms with E-state index < -0.39 is 11.9 Å². The van der Waals surface area contributed by atoms with Crippen molar-refractivity contribution in [3.05, 3.63) is 71.4 Å². The third-order valence-electron chi connectivity index (χ3n) is 3.21. The molecule has 0 aromatic heterocycles. The van der Waals surface area contributed by atoms with E-state index in [1.54, 1.807) is 30.3 Å². The van der Waals surface area contributed by atoms with Gasteiger partial charge in [-0.3, -0.25) is 4.79 Å². The molecule has 24 heavy (non-hydrogen) atoms. The third-order valence-corrected chi connectivity index (χ3v) is 3.21. The fourth-order valence-corrected chi connectivity index (χ4v) is 2.09. The monoisotopic (exact) mass is 322 g/mol. The van der Waals surface area contributed by atoms with Gasteiger partial charge in [-0.25, -0.2) is 9.79 Å². The van der Waals surface area contributed by atoms with Crippen molar-refractivity contribution in [2.24, 2.45) is 10.7 Å². The van der Waals surface area contributed by atoms with Gasteiger partial charge in [-0.2, -0.15) is 0 Å². The van der Waals surface area contributed by atoms with Gasteiger partial charge in [-0.15, -0.1) is 0 Å². The summed E-state index contributed by atoms with van der Waals surface area (Å²) in [5, 5.41) is 0. The van der Waals surface area contributed by atoms with Crippen molar-refractivity contribution in [1.29, 1.82) is 0 Å². The van der Waals surface area contributed by atoms with Crippen molar-refractivity contribution in [3.8, 4) is 5.75 Å². The number of cyclic esters (lactones) is 1. The standard InChI is InChI=1S/C18H14N2O4/c19-16(21)11-23-14-8-6-12(7-9-14)10-15-18(22)24-17(20-15)13-4-2-1-3-5-13/h1-10H,11H2,(H2,19,21)/b15-10+. The van der Waals surface area contributed by atoms with Gasteiger partial charge in [0.1, 0.15) is 5.75 Å². The van der Waals surface area contributed by atoms with Gasteiger partial charge in [0.15, 0.2) is 12.3 Å². The minimum absolute atomic E-state index is 0.183. The molecule has 0 atom stereocenters. The molecule has 6 heteroatoms. The maximum absolute atomic E-state index is 11.9. The number of nitrogens with two attached hydrogens (primary N) is 1. The average Bonchev–Trinajstić information content (AvgIpc) is 2.96. The molecule has 0 bridgehead atoms. The van der Waals surface area contributed by atoms with E-state index in [2.05, 4.69) is 4.99 Å². The molecule has 1 aliphatic rings. The summed E-state index contributed by atoms with van der Waals surface area (Å²) in [5.41, 5.74) is 6.73. The predicted octanol–water partition coefficient (Wildman–Crippen LogP) is 1.90. The summed E-state index contributed by atoms with van der Waals surface area (Å²) in [7, 11) is 0. The Balaban J connectivity index is 1.77. The summed E-state index contributed by atoms with van der Waals surface area (Å²) >= 11 is 0. The fourth-order valence-electron chi connectivity index (χ4n) is 2.09. The van der Waals surface area contributed by atoms with Crippen LogP contribution in [0.2, 0.25) is 0 Å². The Morgan fingerprint density at radius 3 is 2.50 bits per heavy atom. The number of hydrogen-bond acceptors (Lipinski definition) is 5. The number of primary amides is 1. The van der Waals surface area contributed by atoms with Gasteiger partial charge in [0.05, 0.1) is 0 Å². The summed E-state index contributed by atoms with van der Waals surface area (Å²) in [6, 6.07) is 16.0. The van der Waals surface area contributed by atoms with E-state index in [1.165, 1.54) is 0 Å². The van der Waals surface area contributed by atoms with Crippen LogP contribution in [0.1, 0.15) is 11.1 Å². The van der Waals surface area contributed by atoms with Crippen LogP contribution in [0, 0.1) is 0 Å². The molecule has 3 rings (SSSR count). The van der Waals surface area contributed by atoms with Gasteiger partial charge in [-0.05, 0) is 35.9 Å². The highest BCUT2D eigenvalue weighted by atomic mass is 16.6. The molecular formula is C18H14N2O4. The number of hydrogen-bond donors (Lipinski definition) is 1. The molecule has 0 spiro atoms. The number of benzene rings is 2. The first kappa shape index (κ1) is 15.5. The van der Waals surface area contributed by atoms with Crippen LogP contribution in [0.25, 0.3) is 6.08 Å². The molecule has 120 valence electrons. The molecule has 1 heterocycles. The zero-order valence-corrected chi connectivity index (χ0v) is 12.6. The predicted molar refractivity (Wildman–Crippen MR) is 88.2 cm³/mol. The number of rotatable bonds is 5. The van der Waals surface area contributed by atoms with Crippen molar-refractivity contribution in [2.75, 3.05) is 6.61 Å². The maximum atomic E-state index is 11.9. The van der Waals surface area contributed by atoms with Crippen LogP contribution in [0.4, 0.5) is 0 Å². The molecule has 1 amide bonds. The first-order valence-corrected chi connectivity index (χ1v) is 7.21. The number of carbonyl (C=O) groups is 2. The number of aliphatic imine (C=N–C) groups is 1. The highest BCUT2D eigenvalue weighted by molar-refractivity contribution is 6.12. The summed E-state index contributed by atoms with van der Waals surface area (Å²) in [5.74, 6) is -0.243. The van der Waals surface area contributed by atoms with Crippen LogP contribution >= 0.6 is 0 Å². The van der Waals surface area contributed by atoms with Crippen LogP contribution in [-0.2, 0) is 14.3 Å². The molecular weight excluding hydrogens is 308 g/mol. The zero-order valence-electron chi connectivity index (χ0n) is 12.6. The van der Waals surface area contributed by atoms with Gasteiger partial charge >= 0.3 is 5.97 Å². The smallest absolute Gasteiger partial charge is 0.363 e. The molecule has 6 nitrogen and oxygen atoms in total. The Bertz CT molecular complexity index is 824. The Morgan fingerprint density at radius 2 is 1.83 bits per heavy atom. The lowest BCUT2D eigenvalue weighted by atomic mass is 10.2. The molecule has 0 aliphatic carbocycles. The van der Waals surface area contributed by atoms with Crippen LogP contribution in [0.5, 0.6) is 5.75 Å². The Hall–Kier alpha value is -3.41. The Labute approximate surface area is 138 Å². The van der Waals surface area contributed by atoms with E-state index >= 15 is 0 Å². The first-order valence-electron chi connectivity index (χ1n) is 7.21. The highest BCUT2D eigenvalue weighted by Crippen LogP contribution is 2.20. The number of nitrogens with zero attached hydrogens (tertiary/aromatic N) is 1. The first-order chi connectivity index (χ1) is 11.6. The highest BCUT2D eigenvalue weighted by Gasteiger charge is 2.23. The minimum atomic E-state index is -0.544. The topological polar surface area (TPSA) is 91.0 Å². The van der Waals surface area contributed by atoms with E-state index in [0.29, 0.717) is 5.75 Å². The van der Waals surface area contributed by atoms with Crippen molar-refractivity contribution in [1.82, 2.24) is 0 Å². The lowest BCUT2D eigenvalue weighted by Gasteiger charge is -2.03. The van der Waals surface area contributed by atoms with Gasteiger partial charge in [0.2, 0.25) is 5.90 Å². The quantitative estimate of drug-likeness (QED) is 0.672. The Kier molecular flexibility index (Phi) is 4.38. The van der Waals surface area contributed by atoms with E-state index in [0.717, 1.165) is 11.1 Å². The molecule has 2 N–H and O–H groups in total. The third kappa shape index (κ3) is 3.67. The maximum Gasteiger partial charge on any atom is 0.363 e. The summed E-state index contributed by atoms with van der Waals surface area (Å²) < 4.78 is 10.4. The largest absolute Gasteiger partial charge is 0.484 e. The number of esters is 1. The van der Waals surface area contributed by atoms with Crippen LogP contribution < -0.4 is 10.5 Å². The lowest BCUT2D eigenvalue weighted by Crippen LogP contribution is -2.19. The molecule has 0 saturated carbocycles. The summed E-state index contributed by atoms with van der Waals surface area (Å²) in [4.78, 5) is 26.8. The minimum Gasteiger partial charge on any atom is -0.484 e. The van der Waals surface area contributed by atoms with Crippen molar-refractivity contribution in [3.63, 3.8) is 0 Å². The van der Waals surface area contributed by atoms with Gasteiger partial charge in [0, 0.05) is 5.56 Å². The second-order valence-electron chi connectivity index (χ2n) is 5.03. The molecule has 1 aliphatic heterocycles. The van der Waals surface area contributed by atoms with Crippen LogP contribution in [0.3, 0.4) is 0 Å². The molecule has 2 aromatic carbocycles. The van der Waals surface area contributed by atoms with E-state index in [4.69, 9.17) is 15.2 Å². The second-order valence-corrected chi connectivity index (χ2v) is 5.03. The van der Waals surface area contributed by atoms with Crippen molar-refractivity contribution < 1.29 is 19.1 Å². The fraction of sp³-hybridized carbons (Fsp3) is 0.0556. The normalized spacial score (nSPS) is 15.1. The molecule has 2 aromatic rings. The zero-order chi connectivity index (χ0) is 16.9. The lowest BCUT2D eigenvalue weighted by molar-refractivity contribution is -0.130. The number of amides is 1. The van der Waals surface area contributed by atoms with Crippen LogP contribution in [-0.4, -0.2) is 24.4 Å². The second kappa shape index (κ2) is 6.78. The van der Waals surface area contributed by atoms with Gasteiger partial charge < -0.3 is 15.2 Å². The molecule has 0 unspecified atom stereocenters. The SMILES string of the molecule is NC(=O)COc1ccc(/C=C2/N=C(c3ccccc3)OC2=O)cc1. The molecule has 0 saturated heterocycles. The summed E-state index contributed by atoms with van der Waals surface area (Å²) in [6.07, 6.45) is 1.62. The van der Waals surface area contributed by atoms with Crippen molar-refractivity contribution in [2.45, 2.75) is 0 Å². The van der Waals surface area contributed by atoms with E-state index in [1.807, 2.05) is 30.3 Å². The molecule has 0 fully saturated rings. The van der Waals surface area contributed by atoms with Gasteiger partial charge in [0.25, 0.3) is 5.91 Å².